The van der Waals surface area contributed by atoms with E-state index in [1.165, 1.54) is 0 Å². The van der Waals surface area contributed by atoms with Crippen LogP contribution in [-0.4, -0.2) is 25.2 Å². The number of carbonyl (C=O) groups is 2. The first-order valence-corrected chi connectivity index (χ1v) is 13.3. The Morgan fingerprint density at radius 3 is 1.36 bits per heavy atom. The second-order valence-corrected chi connectivity index (χ2v) is 9.60. The van der Waals surface area contributed by atoms with Gasteiger partial charge >= 0.3 is 11.9 Å². The van der Waals surface area contributed by atoms with E-state index in [2.05, 4.69) is 49.6 Å². The van der Waals surface area contributed by atoms with Crippen molar-refractivity contribution in [1.29, 1.82) is 0 Å². The molecule has 0 saturated carbocycles. The summed E-state index contributed by atoms with van der Waals surface area (Å²) < 4.78 is 21.9. The lowest BCUT2D eigenvalue weighted by atomic mass is 9.93. The fourth-order valence-electron chi connectivity index (χ4n) is 5.25. The zero-order valence-electron chi connectivity index (χ0n) is 22.7. The van der Waals surface area contributed by atoms with Crippen LogP contribution in [0.4, 0.5) is 0 Å². The molecule has 0 N–H and O–H groups in total. The number of esters is 2. The van der Waals surface area contributed by atoms with Crippen molar-refractivity contribution in [3.05, 3.63) is 123 Å². The summed E-state index contributed by atoms with van der Waals surface area (Å²) in [5.74, 6) is -0.251. The van der Waals surface area contributed by atoms with Gasteiger partial charge in [-0.25, -0.2) is 9.59 Å². The van der Waals surface area contributed by atoms with Crippen LogP contribution in [0.5, 0.6) is 11.5 Å². The van der Waals surface area contributed by atoms with Gasteiger partial charge < -0.3 is 18.9 Å². The maximum atomic E-state index is 12.2. The van der Waals surface area contributed by atoms with Gasteiger partial charge in [-0.3, -0.25) is 0 Å². The number of carbonyl (C=O) groups excluding carboxylic acids is 2. The molecule has 0 unspecified atom stereocenters. The third-order valence-corrected chi connectivity index (χ3v) is 7.10. The molecule has 0 radical (unpaired) electrons. The average Bonchev–Trinajstić information content (AvgIpc) is 3.02. The van der Waals surface area contributed by atoms with Crippen LogP contribution in [0, 0.1) is 0 Å². The van der Waals surface area contributed by atoms with Crippen LogP contribution in [0.3, 0.4) is 0 Å². The molecule has 0 bridgehead atoms. The minimum absolute atomic E-state index is 0.323. The highest BCUT2D eigenvalue weighted by molar-refractivity contribution is 6.12. The molecule has 0 saturated heterocycles. The molecule has 42 heavy (non-hydrogen) atoms. The quantitative estimate of drug-likeness (QED) is 0.102. The third kappa shape index (κ3) is 5.13. The summed E-state index contributed by atoms with van der Waals surface area (Å²) in [6.45, 7) is 6.24. The van der Waals surface area contributed by atoms with E-state index in [9.17, 15) is 9.59 Å². The Bertz CT molecular complexity index is 1880. The van der Waals surface area contributed by atoms with E-state index in [1.807, 2.05) is 60.7 Å². The molecule has 6 nitrogen and oxygen atoms in total. The fraction of sp³-hybridized carbons (Fsp3) is 0.0556. The lowest BCUT2D eigenvalue weighted by molar-refractivity contribution is -0.141. The molecule has 0 atom stereocenters. The van der Waals surface area contributed by atoms with Gasteiger partial charge in [-0.1, -0.05) is 86.0 Å². The van der Waals surface area contributed by atoms with Crippen molar-refractivity contribution in [1.82, 2.24) is 0 Å². The van der Waals surface area contributed by atoms with Gasteiger partial charge in [-0.15, -0.1) is 0 Å². The van der Waals surface area contributed by atoms with E-state index in [4.69, 9.17) is 18.9 Å². The topological polar surface area (TPSA) is 71.1 Å². The van der Waals surface area contributed by atoms with E-state index in [0.717, 1.165) is 55.6 Å². The van der Waals surface area contributed by atoms with E-state index in [0.29, 0.717) is 22.6 Å². The molecular weight excluding hydrogens is 528 g/mol. The van der Waals surface area contributed by atoms with Crippen LogP contribution in [0.1, 0.15) is 0 Å². The van der Waals surface area contributed by atoms with Crippen LogP contribution < -0.4 is 9.47 Å². The molecule has 0 aromatic heterocycles. The summed E-state index contributed by atoms with van der Waals surface area (Å²) in [6.07, 6.45) is 2.14. The smallest absolute Gasteiger partial charge is 0.348 e. The largest absolute Gasteiger partial charge is 0.481 e. The number of hydrogen-bond donors (Lipinski definition) is 0. The number of hydrogen-bond acceptors (Lipinski definition) is 6. The van der Waals surface area contributed by atoms with E-state index >= 15 is 0 Å². The standard InChI is InChI=1S/C36H26O6/c1-3-39-35(37)21-41-33-17-25-15-13-23-9-5-7-11-27(23)29(25)19-31(33)32-20-30-26(16-14-24-10-6-8-12-28(24)30)18-34(32)42-22-36(38)40-4-2/h3-20H,1-2,21-22H2. The van der Waals surface area contributed by atoms with Crippen molar-refractivity contribution in [2.75, 3.05) is 13.2 Å². The molecule has 0 amide bonds. The molecule has 0 aliphatic heterocycles. The van der Waals surface area contributed by atoms with E-state index < -0.39 is 11.9 Å². The fourth-order valence-corrected chi connectivity index (χ4v) is 5.25. The Kier molecular flexibility index (Phi) is 7.26. The van der Waals surface area contributed by atoms with Crippen molar-refractivity contribution in [2.45, 2.75) is 0 Å². The minimum atomic E-state index is -0.581. The molecule has 0 heterocycles. The van der Waals surface area contributed by atoms with E-state index in [1.54, 1.807) is 0 Å². The summed E-state index contributed by atoms with van der Waals surface area (Å²) in [6, 6.07) is 32.3. The van der Waals surface area contributed by atoms with Gasteiger partial charge in [0.2, 0.25) is 0 Å². The van der Waals surface area contributed by atoms with Gasteiger partial charge in [-0.05, 0) is 67.4 Å². The van der Waals surface area contributed by atoms with Crippen molar-refractivity contribution in [2.24, 2.45) is 0 Å². The number of fused-ring (bicyclic) bond motifs is 6. The third-order valence-electron chi connectivity index (χ3n) is 7.10. The lowest BCUT2D eigenvalue weighted by Gasteiger charge is -2.18. The summed E-state index contributed by atoms with van der Waals surface area (Å²) in [4.78, 5) is 24.5. The highest BCUT2D eigenvalue weighted by Gasteiger charge is 2.19. The monoisotopic (exact) mass is 554 g/mol. The van der Waals surface area contributed by atoms with Crippen molar-refractivity contribution in [3.63, 3.8) is 0 Å². The first-order chi connectivity index (χ1) is 20.6. The summed E-state index contributed by atoms with van der Waals surface area (Å²) in [7, 11) is 0. The average molecular weight is 555 g/mol. The van der Waals surface area contributed by atoms with Gasteiger partial charge in [0.15, 0.2) is 13.2 Å². The molecule has 6 heteroatoms. The van der Waals surface area contributed by atoms with Gasteiger partial charge in [0, 0.05) is 11.1 Å². The number of ether oxygens (including phenoxy) is 4. The maximum absolute atomic E-state index is 12.2. The second-order valence-electron chi connectivity index (χ2n) is 9.60. The Morgan fingerprint density at radius 2 is 0.929 bits per heavy atom. The van der Waals surface area contributed by atoms with E-state index in [-0.39, 0.29) is 13.2 Å². The van der Waals surface area contributed by atoms with Gasteiger partial charge in [-0.2, -0.15) is 0 Å². The molecule has 206 valence electrons. The highest BCUT2D eigenvalue weighted by atomic mass is 16.6. The van der Waals surface area contributed by atoms with Gasteiger partial charge in [0.25, 0.3) is 0 Å². The second kappa shape index (κ2) is 11.5. The van der Waals surface area contributed by atoms with Crippen molar-refractivity contribution in [3.8, 4) is 22.6 Å². The van der Waals surface area contributed by atoms with Crippen LogP contribution in [0.25, 0.3) is 54.2 Å². The Morgan fingerprint density at radius 1 is 0.524 bits per heavy atom. The van der Waals surface area contributed by atoms with Gasteiger partial charge in [0.1, 0.15) is 11.5 Å². The SMILES string of the molecule is C=COC(=O)COc1cc2ccc3ccccc3c2cc1-c1cc2c(ccc3ccccc32)cc1OCC(=O)OC=C. The normalized spacial score (nSPS) is 11.0. The Hall–Kier alpha value is -5.62. The molecule has 6 aromatic rings. The lowest BCUT2D eigenvalue weighted by Crippen LogP contribution is -2.13. The molecule has 0 spiro atoms. The molecule has 6 rings (SSSR count). The molecule has 0 aliphatic carbocycles. The predicted molar refractivity (Wildman–Crippen MR) is 165 cm³/mol. The Balaban J connectivity index is 1.62. The number of benzene rings is 6. The maximum Gasteiger partial charge on any atom is 0.348 e. The van der Waals surface area contributed by atoms with Crippen LogP contribution in [-0.2, 0) is 19.1 Å². The zero-order chi connectivity index (χ0) is 29.1. The van der Waals surface area contributed by atoms with Crippen LogP contribution in [0.15, 0.2) is 123 Å². The first kappa shape index (κ1) is 26.6. The Labute approximate surface area is 242 Å². The highest BCUT2D eigenvalue weighted by Crippen LogP contribution is 2.43. The summed E-state index contributed by atoms with van der Waals surface area (Å²) >= 11 is 0. The summed E-state index contributed by atoms with van der Waals surface area (Å²) in [5.41, 5.74) is 1.37. The zero-order valence-corrected chi connectivity index (χ0v) is 22.7. The van der Waals surface area contributed by atoms with Crippen LogP contribution >= 0.6 is 0 Å². The van der Waals surface area contributed by atoms with Gasteiger partial charge in [0.05, 0.1) is 12.5 Å². The first-order valence-electron chi connectivity index (χ1n) is 13.3. The molecule has 6 aromatic carbocycles. The summed E-state index contributed by atoms with van der Waals surface area (Å²) in [5, 5.41) is 8.19. The van der Waals surface area contributed by atoms with Crippen molar-refractivity contribution < 1.29 is 28.5 Å². The van der Waals surface area contributed by atoms with Crippen LogP contribution in [0.2, 0.25) is 0 Å². The van der Waals surface area contributed by atoms with Crippen molar-refractivity contribution >= 4 is 55.0 Å². The number of rotatable bonds is 9. The molecular formula is C36H26O6. The molecule has 0 fully saturated rings. The predicted octanol–water partition coefficient (Wildman–Crippen LogP) is 8.10. The molecule has 0 aliphatic rings. The minimum Gasteiger partial charge on any atom is -0.481 e.